The van der Waals surface area contributed by atoms with Crippen molar-refractivity contribution in [3.63, 3.8) is 0 Å². The third-order valence-corrected chi connectivity index (χ3v) is 1.60. The van der Waals surface area contributed by atoms with E-state index in [2.05, 4.69) is 13.5 Å². The molecule has 0 radical (unpaired) electrons. The summed E-state index contributed by atoms with van der Waals surface area (Å²) in [4.78, 5) is 12.8. The van der Waals surface area contributed by atoms with Crippen molar-refractivity contribution in [2.24, 2.45) is 0 Å². The molecular weight excluding hydrogens is 138 g/mol. The van der Waals surface area contributed by atoms with Crippen LogP contribution in [0.3, 0.4) is 0 Å². The summed E-state index contributed by atoms with van der Waals surface area (Å²) < 4.78 is 0. The van der Waals surface area contributed by atoms with Gasteiger partial charge in [0, 0.05) is 13.0 Å². The minimum Gasteiger partial charge on any atom is -0.320 e. The normalized spacial score (nSPS) is 9.27. The van der Waals surface area contributed by atoms with Gasteiger partial charge in [-0.3, -0.25) is 4.79 Å². The molecule has 64 valence electrons. The lowest BCUT2D eigenvalue weighted by atomic mass is 10.3. The van der Waals surface area contributed by atoms with Gasteiger partial charge < -0.3 is 4.90 Å². The predicted molar refractivity (Wildman–Crippen MR) is 47.1 cm³/mol. The van der Waals surface area contributed by atoms with Gasteiger partial charge >= 0.3 is 0 Å². The summed E-state index contributed by atoms with van der Waals surface area (Å²) in [6, 6.07) is 0. The topological polar surface area (TPSA) is 20.3 Å². The molecular formula is C9H17NO. The lowest BCUT2D eigenvalue weighted by molar-refractivity contribution is -0.128. The first-order valence-corrected chi connectivity index (χ1v) is 4.18. The SMILES string of the molecule is C=CN(CCCC)C(=O)CC. The Morgan fingerprint density at radius 3 is 2.55 bits per heavy atom. The Morgan fingerprint density at radius 1 is 1.55 bits per heavy atom. The molecule has 2 nitrogen and oxygen atoms in total. The standard InChI is InChI=1S/C9H17NO/c1-4-7-8-10(6-3)9(11)5-2/h6H,3-5,7-8H2,1-2H3. The summed E-state index contributed by atoms with van der Waals surface area (Å²) in [6.45, 7) is 8.37. The van der Waals surface area contributed by atoms with Crippen molar-refractivity contribution < 1.29 is 4.79 Å². The molecule has 0 aliphatic rings. The quantitative estimate of drug-likeness (QED) is 0.596. The van der Waals surface area contributed by atoms with E-state index in [0.29, 0.717) is 6.42 Å². The van der Waals surface area contributed by atoms with Gasteiger partial charge in [0.2, 0.25) is 5.91 Å². The maximum atomic E-state index is 11.1. The van der Waals surface area contributed by atoms with Crippen LogP contribution < -0.4 is 0 Å². The Bertz CT molecular complexity index is 132. The lowest BCUT2D eigenvalue weighted by Gasteiger charge is -2.15. The van der Waals surface area contributed by atoms with E-state index in [1.54, 1.807) is 11.1 Å². The number of carbonyl (C=O) groups is 1. The molecule has 0 aromatic carbocycles. The second-order valence-electron chi connectivity index (χ2n) is 2.48. The van der Waals surface area contributed by atoms with Gasteiger partial charge in [-0.05, 0) is 12.6 Å². The third-order valence-electron chi connectivity index (χ3n) is 1.60. The van der Waals surface area contributed by atoms with Gasteiger partial charge in [0.15, 0.2) is 0 Å². The maximum Gasteiger partial charge on any atom is 0.226 e. The van der Waals surface area contributed by atoms with Gasteiger partial charge in [0.25, 0.3) is 0 Å². The monoisotopic (exact) mass is 155 g/mol. The second kappa shape index (κ2) is 5.96. The molecule has 0 N–H and O–H groups in total. The number of rotatable bonds is 5. The number of amides is 1. The fourth-order valence-electron chi connectivity index (χ4n) is 0.849. The zero-order valence-corrected chi connectivity index (χ0v) is 7.47. The molecule has 0 fully saturated rings. The van der Waals surface area contributed by atoms with E-state index in [0.717, 1.165) is 19.4 Å². The van der Waals surface area contributed by atoms with Crippen LogP contribution in [-0.2, 0) is 4.79 Å². The Balaban J connectivity index is 3.74. The molecule has 0 unspecified atom stereocenters. The molecule has 0 saturated heterocycles. The van der Waals surface area contributed by atoms with E-state index in [4.69, 9.17) is 0 Å². The van der Waals surface area contributed by atoms with Crippen LogP contribution in [0.2, 0.25) is 0 Å². The zero-order valence-electron chi connectivity index (χ0n) is 7.47. The summed E-state index contributed by atoms with van der Waals surface area (Å²) in [7, 11) is 0. The molecule has 0 saturated carbocycles. The second-order valence-corrected chi connectivity index (χ2v) is 2.48. The first kappa shape index (κ1) is 10.2. The first-order valence-electron chi connectivity index (χ1n) is 4.18. The average Bonchev–Trinajstić information content (AvgIpc) is 2.05. The molecule has 0 heterocycles. The Kier molecular flexibility index (Phi) is 5.53. The summed E-state index contributed by atoms with van der Waals surface area (Å²) in [5.41, 5.74) is 0. The summed E-state index contributed by atoms with van der Waals surface area (Å²) in [5.74, 6) is 0.161. The van der Waals surface area contributed by atoms with E-state index in [9.17, 15) is 4.79 Å². The minimum absolute atomic E-state index is 0.161. The summed E-state index contributed by atoms with van der Waals surface area (Å²) in [6.07, 6.45) is 4.34. The van der Waals surface area contributed by atoms with Gasteiger partial charge in [0.1, 0.15) is 0 Å². The van der Waals surface area contributed by atoms with E-state index in [1.165, 1.54) is 0 Å². The van der Waals surface area contributed by atoms with Crippen LogP contribution >= 0.6 is 0 Å². The molecule has 0 bridgehead atoms. The van der Waals surface area contributed by atoms with Crippen LogP contribution in [0.25, 0.3) is 0 Å². The Hall–Kier alpha value is -0.790. The van der Waals surface area contributed by atoms with Gasteiger partial charge in [0.05, 0.1) is 0 Å². The van der Waals surface area contributed by atoms with Gasteiger partial charge in [-0.15, -0.1) is 0 Å². The van der Waals surface area contributed by atoms with Crippen molar-refractivity contribution in [3.05, 3.63) is 12.8 Å². The molecule has 1 amide bonds. The van der Waals surface area contributed by atoms with Gasteiger partial charge in [-0.25, -0.2) is 0 Å². The molecule has 0 aromatic rings. The molecule has 2 heteroatoms. The lowest BCUT2D eigenvalue weighted by Crippen LogP contribution is -2.25. The minimum atomic E-state index is 0.161. The maximum absolute atomic E-state index is 11.1. The number of unbranched alkanes of at least 4 members (excludes halogenated alkanes) is 1. The largest absolute Gasteiger partial charge is 0.320 e. The molecule has 0 aromatic heterocycles. The van der Waals surface area contributed by atoms with Crippen LogP contribution in [0.1, 0.15) is 33.1 Å². The highest BCUT2D eigenvalue weighted by molar-refractivity contribution is 5.76. The Morgan fingerprint density at radius 2 is 2.18 bits per heavy atom. The van der Waals surface area contributed by atoms with Crippen molar-refractivity contribution in [2.75, 3.05) is 6.54 Å². The van der Waals surface area contributed by atoms with E-state index < -0.39 is 0 Å². The van der Waals surface area contributed by atoms with Crippen molar-refractivity contribution in [1.82, 2.24) is 4.90 Å². The summed E-state index contributed by atoms with van der Waals surface area (Å²) >= 11 is 0. The third kappa shape index (κ3) is 3.81. The van der Waals surface area contributed by atoms with Crippen LogP contribution in [0.4, 0.5) is 0 Å². The highest BCUT2D eigenvalue weighted by atomic mass is 16.2. The van der Waals surface area contributed by atoms with E-state index in [1.807, 2.05) is 6.92 Å². The van der Waals surface area contributed by atoms with Crippen LogP contribution in [0.5, 0.6) is 0 Å². The molecule has 0 aliphatic carbocycles. The number of nitrogens with zero attached hydrogens (tertiary/aromatic N) is 1. The summed E-state index contributed by atoms with van der Waals surface area (Å²) in [5, 5.41) is 0. The van der Waals surface area contributed by atoms with Crippen molar-refractivity contribution in [2.45, 2.75) is 33.1 Å². The van der Waals surface area contributed by atoms with Crippen LogP contribution in [-0.4, -0.2) is 17.4 Å². The van der Waals surface area contributed by atoms with Crippen LogP contribution in [0, 0.1) is 0 Å². The molecule has 0 atom stereocenters. The van der Waals surface area contributed by atoms with Gasteiger partial charge in [-0.1, -0.05) is 26.8 Å². The average molecular weight is 155 g/mol. The van der Waals surface area contributed by atoms with Crippen LogP contribution in [0.15, 0.2) is 12.8 Å². The zero-order chi connectivity index (χ0) is 8.69. The number of carbonyl (C=O) groups excluding carboxylic acids is 1. The highest BCUT2D eigenvalue weighted by Gasteiger charge is 2.05. The van der Waals surface area contributed by atoms with Crippen molar-refractivity contribution in [1.29, 1.82) is 0 Å². The fourth-order valence-corrected chi connectivity index (χ4v) is 0.849. The highest BCUT2D eigenvalue weighted by Crippen LogP contribution is 1.98. The smallest absolute Gasteiger partial charge is 0.226 e. The number of hydrogen-bond donors (Lipinski definition) is 0. The number of hydrogen-bond acceptors (Lipinski definition) is 1. The molecule has 0 rings (SSSR count). The molecule has 0 spiro atoms. The van der Waals surface area contributed by atoms with Crippen molar-refractivity contribution in [3.8, 4) is 0 Å². The molecule has 11 heavy (non-hydrogen) atoms. The van der Waals surface area contributed by atoms with Crippen molar-refractivity contribution >= 4 is 5.91 Å². The fraction of sp³-hybridized carbons (Fsp3) is 0.667. The van der Waals surface area contributed by atoms with Gasteiger partial charge in [-0.2, -0.15) is 0 Å². The predicted octanol–water partition coefficient (Wildman–Crippen LogP) is 2.17. The van der Waals surface area contributed by atoms with E-state index in [-0.39, 0.29) is 5.91 Å². The molecule has 0 aliphatic heterocycles. The van der Waals surface area contributed by atoms with E-state index >= 15 is 0 Å². The Labute approximate surface area is 68.9 Å². The first-order chi connectivity index (χ1) is 5.26.